The van der Waals surface area contributed by atoms with Crippen molar-refractivity contribution < 1.29 is 0 Å². The van der Waals surface area contributed by atoms with Gasteiger partial charge < -0.3 is 0 Å². The molecule has 6 aromatic carbocycles. The van der Waals surface area contributed by atoms with Crippen LogP contribution in [0.1, 0.15) is 0 Å². The van der Waals surface area contributed by atoms with Crippen molar-refractivity contribution in [3.05, 3.63) is 157 Å². The van der Waals surface area contributed by atoms with Crippen molar-refractivity contribution in [2.75, 3.05) is 0 Å². The number of halogens is 1. The number of nitrogens with zero attached hydrogens (tertiary/aromatic N) is 2. The molecule has 0 saturated carbocycles. The summed E-state index contributed by atoms with van der Waals surface area (Å²) in [6, 6.07) is 51.9. The first-order chi connectivity index (χ1) is 20.3. The van der Waals surface area contributed by atoms with Crippen LogP contribution in [0.3, 0.4) is 0 Å². The molecule has 0 bridgehead atoms. The Balaban J connectivity index is 1.52. The van der Waals surface area contributed by atoms with E-state index < -0.39 is 0 Å². The predicted molar refractivity (Wildman–Crippen MR) is 172 cm³/mol. The van der Waals surface area contributed by atoms with E-state index in [1.165, 1.54) is 0 Å². The van der Waals surface area contributed by atoms with Gasteiger partial charge in [0.2, 0.25) is 0 Å². The predicted octanol–water partition coefficient (Wildman–Crippen LogP) is 10.6. The van der Waals surface area contributed by atoms with Gasteiger partial charge in [-0.05, 0) is 39.9 Å². The van der Waals surface area contributed by atoms with Crippen molar-refractivity contribution in [2.24, 2.45) is 0 Å². The molecule has 0 spiro atoms. The molecule has 1 aromatic heterocycles. The summed E-state index contributed by atoms with van der Waals surface area (Å²) < 4.78 is 0. The lowest BCUT2D eigenvalue weighted by Gasteiger charge is -2.20. The summed E-state index contributed by atoms with van der Waals surface area (Å²) in [6.07, 6.45) is 0. The van der Waals surface area contributed by atoms with Crippen molar-refractivity contribution >= 4 is 22.5 Å². The normalized spacial score (nSPS) is 11.0. The van der Waals surface area contributed by atoms with Crippen LogP contribution in [0.25, 0.3) is 66.9 Å². The number of rotatable bonds is 5. The van der Waals surface area contributed by atoms with Crippen LogP contribution < -0.4 is 0 Å². The average molecular weight is 545 g/mol. The Morgan fingerprint density at radius 1 is 0.390 bits per heavy atom. The molecule has 41 heavy (non-hydrogen) atoms. The number of hydrogen-bond donors (Lipinski definition) is 0. The Kier molecular flexibility index (Phi) is 6.60. The number of aromatic nitrogens is 2. The van der Waals surface area contributed by atoms with Crippen LogP contribution >= 0.6 is 11.6 Å². The lowest BCUT2D eigenvalue weighted by Crippen LogP contribution is -1.98. The molecule has 0 saturated heterocycles. The van der Waals surface area contributed by atoms with E-state index in [9.17, 15) is 0 Å². The molecule has 2 nitrogen and oxygen atoms in total. The standard InChI is InChI=1S/C38H25ClN2/c39-33-25-24-30(35(26-14-4-1-5-15-26)36(33)27-16-6-2-7-17-27)29-20-10-11-21-31(29)38-40-34-23-13-12-22-32(34)37(41-38)28-18-8-3-9-19-28/h1-25H. The lowest BCUT2D eigenvalue weighted by atomic mass is 9.86. The fourth-order valence-electron chi connectivity index (χ4n) is 5.52. The first-order valence-electron chi connectivity index (χ1n) is 13.6. The molecule has 0 aliphatic rings. The zero-order valence-corrected chi connectivity index (χ0v) is 23.0. The molecule has 3 heteroatoms. The molecule has 194 valence electrons. The van der Waals surface area contributed by atoms with E-state index in [4.69, 9.17) is 21.6 Å². The largest absolute Gasteiger partial charge is 0.228 e. The summed E-state index contributed by atoms with van der Waals surface area (Å²) in [7, 11) is 0. The van der Waals surface area contributed by atoms with Crippen LogP contribution in [0.2, 0.25) is 5.02 Å². The molecule has 0 amide bonds. The average Bonchev–Trinajstić information content (AvgIpc) is 3.05. The molecular formula is C38H25ClN2. The third-order valence-corrected chi connectivity index (χ3v) is 7.70. The van der Waals surface area contributed by atoms with Gasteiger partial charge >= 0.3 is 0 Å². The zero-order chi connectivity index (χ0) is 27.6. The number of hydrogen-bond acceptors (Lipinski definition) is 2. The highest BCUT2D eigenvalue weighted by molar-refractivity contribution is 6.34. The molecular weight excluding hydrogens is 520 g/mol. The van der Waals surface area contributed by atoms with Crippen LogP contribution in [0.4, 0.5) is 0 Å². The molecule has 0 unspecified atom stereocenters. The molecule has 7 rings (SSSR count). The summed E-state index contributed by atoms with van der Waals surface area (Å²) in [4.78, 5) is 10.3. The van der Waals surface area contributed by atoms with Crippen LogP contribution in [0.5, 0.6) is 0 Å². The van der Waals surface area contributed by atoms with Gasteiger partial charge in [0.05, 0.1) is 11.2 Å². The van der Waals surface area contributed by atoms with E-state index in [0.29, 0.717) is 10.8 Å². The maximum absolute atomic E-state index is 6.96. The summed E-state index contributed by atoms with van der Waals surface area (Å²) >= 11 is 6.96. The first kappa shape index (κ1) is 25.0. The second-order valence-electron chi connectivity index (χ2n) is 9.90. The van der Waals surface area contributed by atoms with Crippen LogP contribution in [-0.4, -0.2) is 9.97 Å². The first-order valence-corrected chi connectivity index (χ1v) is 14.0. The van der Waals surface area contributed by atoms with Gasteiger partial charge in [-0.3, -0.25) is 0 Å². The van der Waals surface area contributed by atoms with Gasteiger partial charge in [-0.1, -0.05) is 151 Å². The van der Waals surface area contributed by atoms with Gasteiger partial charge in [0.25, 0.3) is 0 Å². The molecule has 0 atom stereocenters. The second kappa shape index (κ2) is 10.8. The summed E-state index contributed by atoms with van der Waals surface area (Å²) in [5, 5.41) is 1.74. The van der Waals surface area contributed by atoms with Crippen molar-refractivity contribution in [3.8, 4) is 56.0 Å². The van der Waals surface area contributed by atoms with E-state index >= 15 is 0 Å². The van der Waals surface area contributed by atoms with Crippen molar-refractivity contribution in [1.29, 1.82) is 0 Å². The van der Waals surface area contributed by atoms with Crippen molar-refractivity contribution in [3.63, 3.8) is 0 Å². The summed E-state index contributed by atoms with van der Waals surface area (Å²) in [5.74, 6) is 0.688. The monoisotopic (exact) mass is 544 g/mol. The Morgan fingerprint density at radius 2 is 0.927 bits per heavy atom. The Hall–Kier alpha value is -5.05. The quantitative estimate of drug-likeness (QED) is 0.215. The highest BCUT2D eigenvalue weighted by Crippen LogP contribution is 2.46. The minimum Gasteiger partial charge on any atom is -0.228 e. The van der Waals surface area contributed by atoms with Gasteiger partial charge in [-0.2, -0.15) is 0 Å². The topological polar surface area (TPSA) is 25.8 Å². The molecule has 7 aromatic rings. The van der Waals surface area contributed by atoms with Crippen LogP contribution in [0.15, 0.2) is 152 Å². The number of fused-ring (bicyclic) bond motifs is 1. The van der Waals surface area contributed by atoms with E-state index in [1.54, 1.807) is 0 Å². The van der Waals surface area contributed by atoms with Gasteiger partial charge in [0.15, 0.2) is 5.82 Å². The van der Waals surface area contributed by atoms with Crippen molar-refractivity contribution in [1.82, 2.24) is 9.97 Å². The summed E-state index contributed by atoms with van der Waals surface area (Å²) in [5.41, 5.74) is 10.3. The number of benzene rings is 6. The lowest BCUT2D eigenvalue weighted by molar-refractivity contribution is 1.23. The third kappa shape index (κ3) is 4.69. The van der Waals surface area contributed by atoms with Gasteiger partial charge in [0.1, 0.15) is 0 Å². The van der Waals surface area contributed by atoms with Crippen LogP contribution in [-0.2, 0) is 0 Å². The van der Waals surface area contributed by atoms with Gasteiger partial charge in [-0.25, -0.2) is 9.97 Å². The Bertz CT molecular complexity index is 1990. The summed E-state index contributed by atoms with van der Waals surface area (Å²) in [6.45, 7) is 0. The maximum Gasteiger partial charge on any atom is 0.161 e. The maximum atomic E-state index is 6.96. The fourth-order valence-corrected chi connectivity index (χ4v) is 5.79. The SMILES string of the molecule is Clc1ccc(-c2ccccc2-c2nc(-c3ccccc3)c3ccccc3n2)c(-c2ccccc2)c1-c1ccccc1. The third-order valence-electron chi connectivity index (χ3n) is 7.39. The number of para-hydroxylation sites is 1. The Morgan fingerprint density at radius 3 is 1.61 bits per heavy atom. The van der Waals surface area contributed by atoms with Gasteiger partial charge in [0, 0.05) is 27.1 Å². The highest BCUT2D eigenvalue weighted by atomic mass is 35.5. The molecule has 1 heterocycles. The van der Waals surface area contributed by atoms with E-state index in [0.717, 1.165) is 61.1 Å². The molecule has 0 radical (unpaired) electrons. The van der Waals surface area contributed by atoms with E-state index in [1.807, 2.05) is 48.5 Å². The minimum atomic E-state index is 0.688. The van der Waals surface area contributed by atoms with Crippen LogP contribution in [0, 0.1) is 0 Å². The molecule has 0 aliphatic carbocycles. The second-order valence-corrected chi connectivity index (χ2v) is 10.3. The smallest absolute Gasteiger partial charge is 0.161 e. The van der Waals surface area contributed by atoms with E-state index in [-0.39, 0.29) is 0 Å². The zero-order valence-electron chi connectivity index (χ0n) is 22.2. The van der Waals surface area contributed by atoms with Gasteiger partial charge in [-0.15, -0.1) is 0 Å². The van der Waals surface area contributed by atoms with Crippen molar-refractivity contribution in [2.45, 2.75) is 0 Å². The minimum absolute atomic E-state index is 0.688. The molecule has 0 N–H and O–H groups in total. The van der Waals surface area contributed by atoms with E-state index in [2.05, 4.69) is 103 Å². The molecule has 0 aliphatic heterocycles. The Labute approximate surface area is 244 Å². The highest BCUT2D eigenvalue weighted by Gasteiger charge is 2.21. The molecule has 0 fully saturated rings. The fraction of sp³-hybridized carbons (Fsp3) is 0.